The lowest BCUT2D eigenvalue weighted by molar-refractivity contribution is 0.0935. The topological polar surface area (TPSA) is 70.9 Å². The first-order valence-electron chi connectivity index (χ1n) is 5.88. The molecule has 1 atom stereocenters. The third kappa shape index (κ3) is 2.53. The van der Waals surface area contributed by atoms with Crippen molar-refractivity contribution in [1.82, 2.24) is 10.3 Å². The van der Waals surface area contributed by atoms with Crippen LogP contribution in [0.25, 0.3) is 0 Å². The van der Waals surface area contributed by atoms with Crippen LogP contribution in [-0.4, -0.2) is 10.9 Å². The Morgan fingerprint density at radius 2 is 2.11 bits per heavy atom. The highest BCUT2D eigenvalue weighted by Gasteiger charge is 2.13. The van der Waals surface area contributed by atoms with E-state index in [-0.39, 0.29) is 11.9 Å². The second-order valence-corrected chi connectivity index (χ2v) is 4.40. The van der Waals surface area contributed by atoms with E-state index in [0.29, 0.717) is 11.4 Å². The molecular weight excluding hydrogens is 226 g/mol. The lowest BCUT2D eigenvalue weighted by atomic mass is 10.0. The zero-order valence-corrected chi connectivity index (χ0v) is 10.5. The molecule has 2 aromatic rings. The molecule has 4 heteroatoms. The molecule has 0 radical (unpaired) electrons. The summed E-state index contributed by atoms with van der Waals surface area (Å²) >= 11 is 0. The number of hydrogen-bond acceptors (Lipinski definition) is 2. The van der Waals surface area contributed by atoms with E-state index in [1.54, 1.807) is 12.3 Å². The molecule has 0 saturated carbocycles. The summed E-state index contributed by atoms with van der Waals surface area (Å²) in [4.78, 5) is 14.8. The van der Waals surface area contributed by atoms with E-state index < -0.39 is 0 Å². The standard InChI is InChI=1S/C14H17N3O/c1-9-5-3-4-6-12(9)10(2)17-14(18)13-7-11(15)8-16-13/h3-8,10,16H,15H2,1-2H3,(H,17,18). The molecule has 94 valence electrons. The first-order valence-corrected chi connectivity index (χ1v) is 5.88. The van der Waals surface area contributed by atoms with E-state index >= 15 is 0 Å². The van der Waals surface area contributed by atoms with E-state index in [0.717, 1.165) is 11.1 Å². The molecule has 1 amide bonds. The Morgan fingerprint density at radius 3 is 2.72 bits per heavy atom. The summed E-state index contributed by atoms with van der Waals surface area (Å²) in [5.41, 5.74) is 8.89. The van der Waals surface area contributed by atoms with Crippen molar-refractivity contribution in [3.8, 4) is 0 Å². The summed E-state index contributed by atoms with van der Waals surface area (Å²) in [5, 5.41) is 2.94. The predicted octanol–water partition coefficient (Wildman–Crippen LogP) is 2.40. The third-order valence-corrected chi connectivity index (χ3v) is 2.95. The second-order valence-electron chi connectivity index (χ2n) is 4.40. The number of rotatable bonds is 3. The van der Waals surface area contributed by atoms with Crippen LogP contribution in [-0.2, 0) is 0 Å². The van der Waals surface area contributed by atoms with Gasteiger partial charge in [0.1, 0.15) is 5.69 Å². The first-order chi connectivity index (χ1) is 8.58. The molecule has 0 saturated heterocycles. The highest BCUT2D eigenvalue weighted by atomic mass is 16.1. The number of H-pyrrole nitrogens is 1. The zero-order chi connectivity index (χ0) is 13.1. The van der Waals surface area contributed by atoms with Gasteiger partial charge in [0.25, 0.3) is 5.91 Å². The number of nitrogens with one attached hydrogen (secondary N) is 2. The summed E-state index contributed by atoms with van der Waals surface area (Å²) in [6.45, 7) is 4.00. The number of carbonyl (C=O) groups is 1. The average molecular weight is 243 g/mol. The van der Waals surface area contributed by atoms with Gasteiger partial charge in [0, 0.05) is 11.9 Å². The predicted molar refractivity (Wildman–Crippen MR) is 72.3 cm³/mol. The van der Waals surface area contributed by atoms with Gasteiger partial charge in [-0.3, -0.25) is 4.79 Å². The minimum Gasteiger partial charge on any atom is -0.397 e. The van der Waals surface area contributed by atoms with Gasteiger partial charge in [0.15, 0.2) is 0 Å². The van der Waals surface area contributed by atoms with Crippen molar-refractivity contribution < 1.29 is 4.79 Å². The van der Waals surface area contributed by atoms with Gasteiger partial charge in [0.2, 0.25) is 0 Å². The lowest BCUT2D eigenvalue weighted by Gasteiger charge is -2.16. The van der Waals surface area contributed by atoms with Crippen LogP contribution in [0, 0.1) is 6.92 Å². The average Bonchev–Trinajstić information content (AvgIpc) is 2.76. The SMILES string of the molecule is Cc1ccccc1C(C)NC(=O)c1cc(N)c[nH]1. The van der Waals surface area contributed by atoms with Crippen LogP contribution >= 0.6 is 0 Å². The molecule has 4 nitrogen and oxygen atoms in total. The van der Waals surface area contributed by atoms with Gasteiger partial charge in [-0.1, -0.05) is 24.3 Å². The number of nitrogen functional groups attached to an aromatic ring is 1. The van der Waals surface area contributed by atoms with E-state index in [1.165, 1.54) is 0 Å². The van der Waals surface area contributed by atoms with E-state index in [9.17, 15) is 4.79 Å². The largest absolute Gasteiger partial charge is 0.397 e. The number of aryl methyl sites for hydroxylation is 1. The first kappa shape index (κ1) is 12.2. The molecule has 0 aliphatic carbocycles. The van der Waals surface area contributed by atoms with Crippen molar-refractivity contribution in [2.45, 2.75) is 19.9 Å². The Labute approximate surface area is 106 Å². The monoisotopic (exact) mass is 243 g/mol. The smallest absolute Gasteiger partial charge is 0.268 e. The Morgan fingerprint density at radius 1 is 1.39 bits per heavy atom. The molecule has 0 aliphatic heterocycles. The van der Waals surface area contributed by atoms with Crippen molar-refractivity contribution in [2.24, 2.45) is 0 Å². The molecule has 0 spiro atoms. The van der Waals surface area contributed by atoms with Crippen molar-refractivity contribution in [3.05, 3.63) is 53.3 Å². The quantitative estimate of drug-likeness (QED) is 0.774. The minimum atomic E-state index is -0.151. The van der Waals surface area contributed by atoms with Crippen LogP contribution in [0.4, 0.5) is 5.69 Å². The van der Waals surface area contributed by atoms with Gasteiger partial charge in [-0.05, 0) is 31.0 Å². The highest BCUT2D eigenvalue weighted by molar-refractivity contribution is 5.93. The van der Waals surface area contributed by atoms with Crippen molar-refractivity contribution in [1.29, 1.82) is 0 Å². The molecule has 4 N–H and O–H groups in total. The summed E-state index contributed by atoms with van der Waals surface area (Å²) in [6.07, 6.45) is 1.60. The van der Waals surface area contributed by atoms with Gasteiger partial charge in [-0.25, -0.2) is 0 Å². The summed E-state index contributed by atoms with van der Waals surface area (Å²) in [7, 11) is 0. The lowest BCUT2D eigenvalue weighted by Crippen LogP contribution is -2.27. The fourth-order valence-corrected chi connectivity index (χ4v) is 1.97. The number of aromatic amines is 1. The number of anilines is 1. The van der Waals surface area contributed by atoms with E-state index in [4.69, 9.17) is 5.73 Å². The summed E-state index contributed by atoms with van der Waals surface area (Å²) in [5.74, 6) is -0.151. The zero-order valence-electron chi connectivity index (χ0n) is 10.5. The Balaban J connectivity index is 2.10. The van der Waals surface area contributed by atoms with Crippen LogP contribution in [0.5, 0.6) is 0 Å². The normalized spacial score (nSPS) is 12.1. The molecule has 0 aliphatic rings. The molecule has 0 bridgehead atoms. The molecule has 1 aromatic carbocycles. The van der Waals surface area contributed by atoms with E-state index in [1.807, 2.05) is 38.1 Å². The van der Waals surface area contributed by atoms with Crippen LogP contribution in [0.15, 0.2) is 36.5 Å². The molecule has 2 rings (SSSR count). The van der Waals surface area contributed by atoms with Crippen LogP contribution < -0.4 is 11.1 Å². The van der Waals surface area contributed by atoms with Crippen LogP contribution in [0.2, 0.25) is 0 Å². The highest BCUT2D eigenvalue weighted by Crippen LogP contribution is 2.17. The van der Waals surface area contributed by atoms with Gasteiger partial charge in [-0.2, -0.15) is 0 Å². The van der Waals surface area contributed by atoms with Crippen molar-refractivity contribution in [2.75, 3.05) is 5.73 Å². The minimum absolute atomic E-state index is 0.0387. The third-order valence-electron chi connectivity index (χ3n) is 2.95. The van der Waals surface area contributed by atoms with Crippen LogP contribution in [0.3, 0.4) is 0 Å². The second kappa shape index (κ2) is 4.96. The number of hydrogen-bond donors (Lipinski definition) is 3. The van der Waals surface area contributed by atoms with E-state index in [2.05, 4.69) is 10.3 Å². The molecule has 1 heterocycles. The maximum atomic E-state index is 12.0. The summed E-state index contributed by atoms with van der Waals surface area (Å²) in [6, 6.07) is 9.59. The van der Waals surface area contributed by atoms with Crippen molar-refractivity contribution in [3.63, 3.8) is 0 Å². The molecule has 0 fully saturated rings. The molecule has 1 unspecified atom stereocenters. The maximum Gasteiger partial charge on any atom is 0.268 e. The number of aromatic nitrogens is 1. The Bertz CT molecular complexity index is 560. The van der Waals surface area contributed by atoms with Gasteiger partial charge < -0.3 is 16.0 Å². The Kier molecular flexibility index (Phi) is 3.37. The molecule has 1 aromatic heterocycles. The maximum absolute atomic E-state index is 12.0. The summed E-state index contributed by atoms with van der Waals surface area (Å²) < 4.78 is 0. The van der Waals surface area contributed by atoms with Gasteiger partial charge in [0.05, 0.1) is 6.04 Å². The number of nitrogens with two attached hydrogens (primary N) is 1. The number of carbonyl (C=O) groups excluding carboxylic acids is 1. The van der Waals surface area contributed by atoms with Gasteiger partial charge in [-0.15, -0.1) is 0 Å². The van der Waals surface area contributed by atoms with Crippen molar-refractivity contribution >= 4 is 11.6 Å². The molecular formula is C14H17N3O. The Hall–Kier alpha value is -2.23. The molecule has 18 heavy (non-hydrogen) atoms. The van der Waals surface area contributed by atoms with Crippen LogP contribution in [0.1, 0.15) is 34.6 Å². The fourth-order valence-electron chi connectivity index (χ4n) is 1.97. The number of amides is 1. The van der Waals surface area contributed by atoms with Gasteiger partial charge >= 0.3 is 0 Å². The number of benzene rings is 1. The fraction of sp³-hybridized carbons (Fsp3) is 0.214.